The van der Waals surface area contributed by atoms with Crippen LogP contribution in [-0.2, 0) is 10.3 Å². The van der Waals surface area contributed by atoms with Crippen LogP contribution in [-0.4, -0.2) is 18.7 Å². The van der Waals surface area contributed by atoms with Crippen LogP contribution < -0.4 is 15.6 Å². The van der Waals surface area contributed by atoms with Gasteiger partial charge in [-0.3, -0.25) is 5.43 Å². The summed E-state index contributed by atoms with van der Waals surface area (Å²) in [7, 11) is 1.73. The molecular formula is C27H31N3O2. The highest BCUT2D eigenvalue weighted by atomic mass is 16.5. The highest BCUT2D eigenvalue weighted by molar-refractivity contribution is 5.74. The van der Waals surface area contributed by atoms with Gasteiger partial charge in [-0.2, -0.15) is 0 Å². The van der Waals surface area contributed by atoms with E-state index in [1.165, 1.54) is 0 Å². The van der Waals surface area contributed by atoms with Crippen molar-refractivity contribution in [3.05, 3.63) is 95.6 Å². The number of aliphatic imine (C=N–C) groups is 1. The van der Waals surface area contributed by atoms with Gasteiger partial charge in [0, 0.05) is 18.2 Å². The second kappa shape index (κ2) is 9.05. The SMILES string of the molecule is CCCC(C)(C)OC(=NC)NNC1(c2ccccc2)c2ccccc2Oc2ccccc21. The number of hydrazine groups is 1. The first-order valence-corrected chi connectivity index (χ1v) is 11.1. The van der Waals surface area contributed by atoms with E-state index >= 15 is 0 Å². The standard InChI is InChI=1S/C27H31N3O2/c1-5-19-26(2,3)32-25(28-4)29-30-27(20-13-7-6-8-14-20)21-15-9-11-17-23(21)31-24-18-12-10-16-22(24)27/h6-18,30H,5,19H2,1-4H3,(H,28,29). The maximum Gasteiger partial charge on any atom is 0.299 e. The number of hydrogen-bond donors (Lipinski definition) is 2. The molecule has 0 aliphatic carbocycles. The molecule has 0 fully saturated rings. The molecule has 3 aromatic rings. The fourth-order valence-electron chi connectivity index (χ4n) is 4.39. The molecule has 166 valence electrons. The molecule has 0 bridgehead atoms. The molecule has 0 saturated heterocycles. The molecule has 5 nitrogen and oxygen atoms in total. The van der Waals surface area contributed by atoms with Crippen molar-refractivity contribution < 1.29 is 9.47 Å². The van der Waals surface area contributed by atoms with Crippen LogP contribution in [0.4, 0.5) is 0 Å². The molecule has 0 saturated carbocycles. The first-order chi connectivity index (χ1) is 15.5. The molecule has 0 aromatic heterocycles. The molecule has 0 spiro atoms. The predicted octanol–water partition coefficient (Wildman–Crippen LogP) is 5.76. The van der Waals surface area contributed by atoms with Crippen molar-refractivity contribution in [2.75, 3.05) is 7.05 Å². The highest BCUT2D eigenvalue weighted by Crippen LogP contribution is 2.49. The first-order valence-electron chi connectivity index (χ1n) is 11.1. The molecule has 1 heterocycles. The van der Waals surface area contributed by atoms with Gasteiger partial charge in [0.1, 0.15) is 22.6 Å². The number of nitrogens with zero attached hydrogens (tertiary/aromatic N) is 1. The third-order valence-corrected chi connectivity index (χ3v) is 5.79. The summed E-state index contributed by atoms with van der Waals surface area (Å²) in [5, 5.41) is 0. The number of nitrogens with one attached hydrogen (secondary N) is 2. The van der Waals surface area contributed by atoms with E-state index < -0.39 is 5.54 Å². The van der Waals surface area contributed by atoms with Crippen LogP contribution in [0.15, 0.2) is 83.9 Å². The van der Waals surface area contributed by atoms with Gasteiger partial charge in [0.15, 0.2) is 0 Å². The van der Waals surface area contributed by atoms with E-state index in [2.05, 4.69) is 73.0 Å². The van der Waals surface area contributed by atoms with Crippen LogP contribution in [0.5, 0.6) is 11.5 Å². The number of para-hydroxylation sites is 2. The van der Waals surface area contributed by atoms with Gasteiger partial charge in [0.05, 0.1) is 0 Å². The van der Waals surface area contributed by atoms with E-state index in [0.717, 1.165) is 41.0 Å². The summed E-state index contributed by atoms with van der Waals surface area (Å²) in [6.45, 7) is 6.31. The number of benzene rings is 3. The summed E-state index contributed by atoms with van der Waals surface area (Å²) < 4.78 is 12.5. The van der Waals surface area contributed by atoms with Gasteiger partial charge in [-0.25, -0.2) is 10.4 Å². The fourth-order valence-corrected chi connectivity index (χ4v) is 4.39. The average Bonchev–Trinajstić information content (AvgIpc) is 2.81. The Bertz CT molecular complexity index is 1050. The van der Waals surface area contributed by atoms with Gasteiger partial charge in [0.2, 0.25) is 0 Å². The third-order valence-electron chi connectivity index (χ3n) is 5.79. The summed E-state index contributed by atoms with van der Waals surface area (Å²) in [4.78, 5) is 4.37. The van der Waals surface area contributed by atoms with Gasteiger partial charge in [-0.05, 0) is 38.0 Å². The van der Waals surface area contributed by atoms with Crippen LogP contribution in [0, 0.1) is 0 Å². The molecule has 5 heteroatoms. The minimum Gasteiger partial charge on any atom is -0.458 e. The van der Waals surface area contributed by atoms with Gasteiger partial charge < -0.3 is 9.47 Å². The summed E-state index contributed by atoms with van der Waals surface area (Å²) in [5.74, 6) is 1.62. The molecule has 32 heavy (non-hydrogen) atoms. The monoisotopic (exact) mass is 429 g/mol. The van der Waals surface area contributed by atoms with Crippen LogP contribution >= 0.6 is 0 Å². The summed E-state index contributed by atoms with van der Waals surface area (Å²) >= 11 is 0. The van der Waals surface area contributed by atoms with Gasteiger partial charge >= 0.3 is 0 Å². The third kappa shape index (κ3) is 4.08. The second-order valence-electron chi connectivity index (χ2n) is 8.60. The molecule has 0 unspecified atom stereocenters. The Hall–Kier alpha value is -3.31. The zero-order valence-corrected chi connectivity index (χ0v) is 19.2. The lowest BCUT2D eigenvalue weighted by Crippen LogP contribution is -2.55. The number of rotatable bonds is 6. The number of ether oxygens (including phenoxy) is 2. The van der Waals surface area contributed by atoms with Gasteiger partial charge in [-0.1, -0.05) is 80.1 Å². The molecule has 0 amide bonds. The Morgan fingerprint density at radius 3 is 2.03 bits per heavy atom. The molecule has 0 radical (unpaired) electrons. The zero-order chi connectivity index (χ0) is 22.6. The van der Waals surface area contributed by atoms with Crippen LogP contribution in [0.1, 0.15) is 50.3 Å². The maximum atomic E-state index is 6.27. The average molecular weight is 430 g/mol. The predicted molar refractivity (Wildman–Crippen MR) is 129 cm³/mol. The highest BCUT2D eigenvalue weighted by Gasteiger charge is 2.44. The van der Waals surface area contributed by atoms with E-state index in [1.54, 1.807) is 7.05 Å². The maximum absolute atomic E-state index is 6.27. The number of fused-ring (bicyclic) bond motifs is 2. The summed E-state index contributed by atoms with van der Waals surface area (Å²) in [5.41, 5.74) is 8.96. The van der Waals surface area contributed by atoms with Gasteiger partial charge in [-0.15, -0.1) is 0 Å². The zero-order valence-electron chi connectivity index (χ0n) is 19.2. The van der Waals surface area contributed by atoms with Crippen molar-refractivity contribution in [3.63, 3.8) is 0 Å². The quantitative estimate of drug-likeness (QED) is 0.297. The Morgan fingerprint density at radius 1 is 0.906 bits per heavy atom. The van der Waals surface area contributed by atoms with E-state index in [4.69, 9.17) is 9.47 Å². The largest absolute Gasteiger partial charge is 0.458 e. The molecule has 0 atom stereocenters. The smallest absolute Gasteiger partial charge is 0.299 e. The van der Waals surface area contributed by atoms with E-state index in [0.29, 0.717) is 6.02 Å². The molecule has 2 N–H and O–H groups in total. The molecular weight excluding hydrogens is 398 g/mol. The van der Waals surface area contributed by atoms with E-state index in [1.807, 2.05) is 42.5 Å². The van der Waals surface area contributed by atoms with Crippen LogP contribution in [0.25, 0.3) is 0 Å². The fraction of sp³-hybridized carbons (Fsp3) is 0.296. The Kier molecular flexibility index (Phi) is 6.19. The lowest BCUT2D eigenvalue weighted by Gasteiger charge is -2.41. The second-order valence-corrected chi connectivity index (χ2v) is 8.60. The molecule has 3 aromatic carbocycles. The lowest BCUT2D eigenvalue weighted by molar-refractivity contribution is 0.0749. The van der Waals surface area contributed by atoms with Crippen LogP contribution in [0.2, 0.25) is 0 Å². The summed E-state index contributed by atoms with van der Waals surface area (Å²) in [6, 6.07) is 27.1. The van der Waals surface area contributed by atoms with Crippen molar-refractivity contribution in [2.45, 2.75) is 44.8 Å². The minimum absolute atomic E-state index is 0.330. The first kappa shape index (κ1) is 21.9. The number of amidine groups is 1. The Balaban J connectivity index is 1.81. The van der Waals surface area contributed by atoms with Crippen molar-refractivity contribution in [3.8, 4) is 11.5 Å². The lowest BCUT2D eigenvalue weighted by atomic mass is 9.75. The normalized spacial score (nSPS) is 14.7. The van der Waals surface area contributed by atoms with Crippen molar-refractivity contribution in [1.82, 2.24) is 10.9 Å². The van der Waals surface area contributed by atoms with E-state index in [9.17, 15) is 0 Å². The molecule has 1 aliphatic heterocycles. The summed E-state index contributed by atoms with van der Waals surface area (Å²) in [6.07, 6.45) is 1.96. The van der Waals surface area contributed by atoms with Crippen molar-refractivity contribution in [2.24, 2.45) is 4.99 Å². The van der Waals surface area contributed by atoms with Crippen LogP contribution in [0.3, 0.4) is 0 Å². The Morgan fingerprint density at radius 2 is 1.47 bits per heavy atom. The molecule has 4 rings (SSSR count). The topological polar surface area (TPSA) is 54.9 Å². The molecule has 1 aliphatic rings. The van der Waals surface area contributed by atoms with Crippen molar-refractivity contribution >= 4 is 6.02 Å². The Labute approximate surface area is 190 Å². The number of hydrogen-bond acceptors (Lipinski definition) is 4. The van der Waals surface area contributed by atoms with Gasteiger partial charge in [0.25, 0.3) is 6.02 Å². The van der Waals surface area contributed by atoms with Crippen molar-refractivity contribution in [1.29, 1.82) is 0 Å². The van der Waals surface area contributed by atoms with E-state index in [-0.39, 0.29) is 5.60 Å². The minimum atomic E-state index is -0.707.